The van der Waals surface area contributed by atoms with Gasteiger partial charge in [0.15, 0.2) is 12.0 Å². The standard InChI is InChI=1S/C6H12N2O/c7-6-3-1-2-4-8-5(6)9-6/h5,8H,1-4,7H2/t5?,6-/m0/s1. The Hall–Kier alpha value is -0.120. The fourth-order valence-electron chi connectivity index (χ4n) is 1.35. The van der Waals surface area contributed by atoms with Gasteiger partial charge in [-0.05, 0) is 25.8 Å². The first kappa shape index (κ1) is 5.65. The van der Waals surface area contributed by atoms with E-state index < -0.39 is 0 Å². The zero-order chi connectivity index (χ0) is 6.32. The smallest absolute Gasteiger partial charge is 0.159 e. The lowest BCUT2D eigenvalue weighted by Gasteiger charge is -1.99. The number of hydrogen-bond donors (Lipinski definition) is 2. The van der Waals surface area contributed by atoms with Gasteiger partial charge in [-0.2, -0.15) is 0 Å². The molecule has 0 aromatic heterocycles. The Balaban J connectivity index is 2.00. The average Bonchev–Trinajstić information content (AvgIpc) is 2.40. The first-order valence-corrected chi connectivity index (χ1v) is 3.51. The second-order valence-corrected chi connectivity index (χ2v) is 2.86. The van der Waals surface area contributed by atoms with E-state index in [9.17, 15) is 0 Å². The molecule has 0 spiro atoms. The fraction of sp³-hybridized carbons (Fsp3) is 1.00. The van der Waals surface area contributed by atoms with Gasteiger partial charge in [0, 0.05) is 0 Å². The monoisotopic (exact) mass is 128 g/mol. The Kier molecular flexibility index (Phi) is 1.06. The Bertz CT molecular complexity index is 128. The number of fused-ring (bicyclic) bond motifs is 1. The Morgan fingerprint density at radius 3 is 3.33 bits per heavy atom. The predicted molar refractivity (Wildman–Crippen MR) is 33.6 cm³/mol. The van der Waals surface area contributed by atoms with Crippen LogP contribution in [0.1, 0.15) is 19.3 Å². The highest BCUT2D eigenvalue weighted by Crippen LogP contribution is 2.35. The van der Waals surface area contributed by atoms with Gasteiger partial charge in [-0.15, -0.1) is 0 Å². The molecule has 2 heterocycles. The fourth-order valence-corrected chi connectivity index (χ4v) is 1.35. The third kappa shape index (κ3) is 0.852. The van der Waals surface area contributed by atoms with Crippen molar-refractivity contribution in [2.45, 2.75) is 31.2 Å². The van der Waals surface area contributed by atoms with Crippen LogP contribution >= 0.6 is 0 Å². The molecule has 2 aliphatic heterocycles. The molecule has 3 N–H and O–H groups in total. The average molecular weight is 128 g/mol. The van der Waals surface area contributed by atoms with E-state index in [-0.39, 0.29) is 12.0 Å². The molecule has 52 valence electrons. The van der Waals surface area contributed by atoms with Crippen molar-refractivity contribution in [3.63, 3.8) is 0 Å². The van der Waals surface area contributed by atoms with Crippen molar-refractivity contribution in [1.82, 2.24) is 5.32 Å². The zero-order valence-electron chi connectivity index (χ0n) is 5.39. The molecule has 3 heteroatoms. The first-order chi connectivity index (χ1) is 4.31. The minimum atomic E-state index is -0.281. The van der Waals surface area contributed by atoms with Crippen LogP contribution in [0.15, 0.2) is 0 Å². The molecule has 9 heavy (non-hydrogen) atoms. The van der Waals surface area contributed by atoms with E-state index in [0.29, 0.717) is 0 Å². The van der Waals surface area contributed by atoms with Gasteiger partial charge >= 0.3 is 0 Å². The molecule has 0 bridgehead atoms. The van der Waals surface area contributed by atoms with Crippen molar-refractivity contribution in [2.75, 3.05) is 6.54 Å². The summed E-state index contributed by atoms with van der Waals surface area (Å²) in [6, 6.07) is 0. The molecule has 0 aliphatic carbocycles. The summed E-state index contributed by atoms with van der Waals surface area (Å²) in [4.78, 5) is 0. The lowest BCUT2D eigenvalue weighted by Crippen LogP contribution is -2.31. The van der Waals surface area contributed by atoms with Crippen LogP contribution in [0.2, 0.25) is 0 Å². The Morgan fingerprint density at radius 1 is 1.56 bits per heavy atom. The maximum absolute atomic E-state index is 5.77. The minimum absolute atomic E-state index is 0.167. The van der Waals surface area contributed by atoms with Gasteiger partial charge in [0.1, 0.15) is 0 Å². The van der Waals surface area contributed by atoms with Crippen LogP contribution in [0.3, 0.4) is 0 Å². The summed E-state index contributed by atoms with van der Waals surface area (Å²) in [6.45, 7) is 1.06. The van der Waals surface area contributed by atoms with E-state index in [0.717, 1.165) is 13.0 Å². The molecule has 0 radical (unpaired) electrons. The number of nitrogens with two attached hydrogens (primary N) is 1. The number of nitrogens with one attached hydrogen (secondary N) is 1. The number of ether oxygens (including phenoxy) is 1. The molecule has 3 nitrogen and oxygen atoms in total. The molecule has 0 amide bonds. The zero-order valence-corrected chi connectivity index (χ0v) is 5.39. The summed E-state index contributed by atoms with van der Waals surface area (Å²) < 4.78 is 5.21. The molecule has 2 rings (SSSR count). The van der Waals surface area contributed by atoms with Gasteiger partial charge < -0.3 is 10.5 Å². The maximum atomic E-state index is 5.77. The molecular weight excluding hydrogens is 116 g/mol. The van der Waals surface area contributed by atoms with Crippen LogP contribution in [0.25, 0.3) is 0 Å². The summed E-state index contributed by atoms with van der Waals surface area (Å²) >= 11 is 0. The van der Waals surface area contributed by atoms with E-state index in [2.05, 4.69) is 5.32 Å². The highest BCUT2D eigenvalue weighted by atomic mass is 16.6. The number of rotatable bonds is 0. The van der Waals surface area contributed by atoms with E-state index in [4.69, 9.17) is 10.5 Å². The molecule has 2 fully saturated rings. The molecule has 2 saturated heterocycles. The van der Waals surface area contributed by atoms with Gasteiger partial charge in [0.2, 0.25) is 0 Å². The summed E-state index contributed by atoms with van der Waals surface area (Å²) in [6.07, 6.45) is 3.61. The highest BCUT2D eigenvalue weighted by molar-refractivity contribution is 4.97. The lowest BCUT2D eigenvalue weighted by atomic mass is 10.1. The Morgan fingerprint density at radius 2 is 2.44 bits per heavy atom. The van der Waals surface area contributed by atoms with Crippen molar-refractivity contribution in [2.24, 2.45) is 5.73 Å². The van der Waals surface area contributed by atoms with Crippen LogP contribution in [-0.4, -0.2) is 18.5 Å². The van der Waals surface area contributed by atoms with E-state index in [1.807, 2.05) is 0 Å². The largest absolute Gasteiger partial charge is 0.334 e. The van der Waals surface area contributed by atoms with Gasteiger partial charge in [-0.25, -0.2) is 0 Å². The summed E-state index contributed by atoms with van der Waals surface area (Å²) in [5, 5.41) is 3.21. The van der Waals surface area contributed by atoms with Gasteiger partial charge in [0.25, 0.3) is 0 Å². The van der Waals surface area contributed by atoms with E-state index in [1.165, 1.54) is 12.8 Å². The Labute approximate surface area is 54.6 Å². The quantitative estimate of drug-likeness (QED) is 0.443. The third-order valence-electron chi connectivity index (χ3n) is 2.05. The van der Waals surface area contributed by atoms with Crippen LogP contribution < -0.4 is 11.1 Å². The molecule has 0 saturated carbocycles. The number of epoxide rings is 1. The lowest BCUT2D eigenvalue weighted by molar-refractivity contribution is 0.264. The van der Waals surface area contributed by atoms with E-state index >= 15 is 0 Å². The van der Waals surface area contributed by atoms with Crippen LogP contribution in [0.5, 0.6) is 0 Å². The van der Waals surface area contributed by atoms with Crippen LogP contribution in [0, 0.1) is 0 Å². The molecule has 0 aromatic rings. The predicted octanol–water partition coefficient (Wildman–Crippen LogP) is -0.229. The van der Waals surface area contributed by atoms with Gasteiger partial charge in [-0.1, -0.05) is 0 Å². The summed E-state index contributed by atoms with van der Waals surface area (Å²) in [7, 11) is 0. The SMILES string of the molecule is N[C@]12CCCCNC1O2. The summed E-state index contributed by atoms with van der Waals surface area (Å²) in [5.41, 5.74) is 5.49. The normalized spacial score (nSPS) is 49.7. The van der Waals surface area contributed by atoms with Gasteiger partial charge in [0.05, 0.1) is 0 Å². The van der Waals surface area contributed by atoms with Crippen molar-refractivity contribution >= 4 is 0 Å². The van der Waals surface area contributed by atoms with Crippen molar-refractivity contribution < 1.29 is 4.74 Å². The summed E-state index contributed by atoms with van der Waals surface area (Å²) in [5.74, 6) is 0. The third-order valence-corrected chi connectivity index (χ3v) is 2.05. The topological polar surface area (TPSA) is 50.6 Å². The maximum Gasteiger partial charge on any atom is 0.159 e. The molecule has 0 aromatic carbocycles. The van der Waals surface area contributed by atoms with Crippen LogP contribution in [0.4, 0.5) is 0 Å². The van der Waals surface area contributed by atoms with Crippen LogP contribution in [-0.2, 0) is 4.74 Å². The number of hydrogen-bond acceptors (Lipinski definition) is 3. The molecule has 2 aliphatic rings. The molecule has 2 atom stereocenters. The highest BCUT2D eigenvalue weighted by Gasteiger charge is 2.53. The van der Waals surface area contributed by atoms with Gasteiger partial charge in [-0.3, -0.25) is 5.32 Å². The van der Waals surface area contributed by atoms with Crippen molar-refractivity contribution in [1.29, 1.82) is 0 Å². The second kappa shape index (κ2) is 1.68. The minimum Gasteiger partial charge on any atom is -0.334 e. The van der Waals surface area contributed by atoms with Crippen molar-refractivity contribution in [3.8, 4) is 0 Å². The molecular formula is C6H12N2O. The van der Waals surface area contributed by atoms with Crippen molar-refractivity contribution in [3.05, 3.63) is 0 Å². The molecule has 1 unspecified atom stereocenters. The van der Waals surface area contributed by atoms with E-state index in [1.54, 1.807) is 0 Å². The first-order valence-electron chi connectivity index (χ1n) is 3.51. The second-order valence-electron chi connectivity index (χ2n) is 2.86.